The molecular formula is C12H18N2OS. The van der Waals surface area contributed by atoms with Gasteiger partial charge in [-0.3, -0.25) is 4.79 Å². The summed E-state index contributed by atoms with van der Waals surface area (Å²) >= 11 is 1.67. The molecule has 1 aliphatic rings. The number of rotatable bonds is 4. The summed E-state index contributed by atoms with van der Waals surface area (Å²) in [5.41, 5.74) is 5.43. The third kappa shape index (κ3) is 1.99. The first-order chi connectivity index (χ1) is 7.68. The average Bonchev–Trinajstić information content (AvgIpc) is 2.69. The van der Waals surface area contributed by atoms with Crippen LogP contribution in [-0.2, 0) is 4.79 Å². The second kappa shape index (κ2) is 4.55. The van der Waals surface area contributed by atoms with Crippen LogP contribution in [0.5, 0.6) is 0 Å². The minimum atomic E-state index is -0.272. The maximum atomic E-state index is 12.1. The number of thiophene rings is 1. The SMILES string of the molecule is CC(NC(=O)C1(CN)CCC1)c1cccs1. The Balaban J connectivity index is 1.97. The molecule has 88 valence electrons. The highest BCUT2D eigenvalue weighted by molar-refractivity contribution is 7.10. The van der Waals surface area contributed by atoms with Crippen LogP contribution >= 0.6 is 11.3 Å². The van der Waals surface area contributed by atoms with Crippen LogP contribution in [0.15, 0.2) is 17.5 Å². The molecule has 1 heterocycles. The molecule has 0 radical (unpaired) electrons. The van der Waals surface area contributed by atoms with Gasteiger partial charge in [0.15, 0.2) is 0 Å². The predicted octanol–water partition coefficient (Wildman–Crippen LogP) is 2.05. The fourth-order valence-electron chi connectivity index (χ4n) is 2.09. The van der Waals surface area contributed by atoms with E-state index < -0.39 is 0 Å². The van der Waals surface area contributed by atoms with Gasteiger partial charge in [-0.1, -0.05) is 12.5 Å². The van der Waals surface area contributed by atoms with Crippen molar-refractivity contribution < 1.29 is 4.79 Å². The van der Waals surface area contributed by atoms with Gasteiger partial charge in [-0.2, -0.15) is 0 Å². The van der Waals surface area contributed by atoms with E-state index in [1.165, 1.54) is 4.88 Å². The van der Waals surface area contributed by atoms with Crippen LogP contribution in [0.2, 0.25) is 0 Å². The van der Waals surface area contributed by atoms with E-state index in [9.17, 15) is 4.79 Å². The lowest BCUT2D eigenvalue weighted by atomic mass is 9.68. The Morgan fingerprint density at radius 2 is 2.44 bits per heavy atom. The summed E-state index contributed by atoms with van der Waals surface area (Å²) < 4.78 is 0. The molecule has 1 aliphatic carbocycles. The van der Waals surface area contributed by atoms with Gasteiger partial charge in [-0.25, -0.2) is 0 Å². The minimum Gasteiger partial charge on any atom is -0.348 e. The molecule has 0 aliphatic heterocycles. The van der Waals surface area contributed by atoms with Gasteiger partial charge in [0.1, 0.15) is 0 Å². The quantitative estimate of drug-likeness (QED) is 0.843. The number of carbonyl (C=O) groups excluding carboxylic acids is 1. The van der Waals surface area contributed by atoms with Crippen molar-refractivity contribution in [2.24, 2.45) is 11.1 Å². The van der Waals surface area contributed by atoms with Gasteiger partial charge in [0, 0.05) is 11.4 Å². The third-order valence-electron chi connectivity index (χ3n) is 3.50. The average molecular weight is 238 g/mol. The van der Waals surface area contributed by atoms with Gasteiger partial charge >= 0.3 is 0 Å². The largest absolute Gasteiger partial charge is 0.348 e. The van der Waals surface area contributed by atoms with E-state index in [0.717, 1.165) is 19.3 Å². The second-order valence-corrected chi connectivity index (χ2v) is 5.53. The van der Waals surface area contributed by atoms with Crippen molar-refractivity contribution in [3.05, 3.63) is 22.4 Å². The van der Waals surface area contributed by atoms with Gasteiger partial charge < -0.3 is 11.1 Å². The molecule has 2 rings (SSSR count). The zero-order valence-electron chi connectivity index (χ0n) is 9.53. The maximum absolute atomic E-state index is 12.1. The molecule has 1 atom stereocenters. The smallest absolute Gasteiger partial charge is 0.227 e. The van der Waals surface area contributed by atoms with Crippen molar-refractivity contribution in [3.8, 4) is 0 Å². The Morgan fingerprint density at radius 1 is 1.69 bits per heavy atom. The lowest BCUT2D eigenvalue weighted by Crippen LogP contribution is -2.50. The minimum absolute atomic E-state index is 0.0940. The molecule has 0 bridgehead atoms. The van der Waals surface area contributed by atoms with Gasteiger partial charge in [0.05, 0.1) is 11.5 Å². The highest BCUT2D eigenvalue weighted by atomic mass is 32.1. The lowest BCUT2D eigenvalue weighted by Gasteiger charge is -2.39. The number of amides is 1. The van der Waals surface area contributed by atoms with Crippen LogP contribution in [0, 0.1) is 5.41 Å². The molecule has 3 nitrogen and oxygen atoms in total. The number of hydrogen-bond donors (Lipinski definition) is 2. The van der Waals surface area contributed by atoms with Crippen molar-refractivity contribution in [2.75, 3.05) is 6.54 Å². The monoisotopic (exact) mass is 238 g/mol. The van der Waals surface area contributed by atoms with E-state index in [1.807, 2.05) is 24.4 Å². The van der Waals surface area contributed by atoms with Crippen molar-refractivity contribution in [1.29, 1.82) is 0 Å². The van der Waals surface area contributed by atoms with Gasteiger partial charge in [0.2, 0.25) is 5.91 Å². The fourth-order valence-corrected chi connectivity index (χ4v) is 2.82. The number of carbonyl (C=O) groups is 1. The molecule has 1 aromatic rings. The van der Waals surface area contributed by atoms with Gasteiger partial charge in [0.25, 0.3) is 0 Å². The predicted molar refractivity (Wildman–Crippen MR) is 66.2 cm³/mol. The molecule has 1 saturated carbocycles. The molecule has 1 unspecified atom stereocenters. The Morgan fingerprint density at radius 3 is 2.88 bits per heavy atom. The van der Waals surface area contributed by atoms with Gasteiger partial charge in [-0.15, -0.1) is 11.3 Å². The highest BCUT2D eigenvalue weighted by Crippen LogP contribution is 2.40. The van der Waals surface area contributed by atoms with Crippen molar-refractivity contribution in [2.45, 2.75) is 32.2 Å². The number of nitrogens with two attached hydrogens (primary N) is 1. The van der Waals surface area contributed by atoms with Crippen molar-refractivity contribution >= 4 is 17.2 Å². The summed E-state index contributed by atoms with van der Waals surface area (Å²) in [6, 6.07) is 4.15. The summed E-state index contributed by atoms with van der Waals surface area (Å²) in [6.07, 6.45) is 3.00. The zero-order valence-corrected chi connectivity index (χ0v) is 10.3. The fraction of sp³-hybridized carbons (Fsp3) is 0.583. The van der Waals surface area contributed by atoms with E-state index in [0.29, 0.717) is 6.54 Å². The normalized spacial score (nSPS) is 19.9. The molecule has 0 aromatic carbocycles. The summed E-state index contributed by atoms with van der Waals surface area (Å²) in [6.45, 7) is 2.49. The Bertz CT molecular complexity index is 352. The van der Waals surface area contributed by atoms with Crippen LogP contribution in [0.25, 0.3) is 0 Å². The standard InChI is InChI=1S/C12H18N2OS/c1-9(10-4-2-7-16-10)14-11(15)12(8-13)5-3-6-12/h2,4,7,9H,3,5-6,8,13H2,1H3,(H,14,15). The number of hydrogen-bond acceptors (Lipinski definition) is 3. The summed E-state index contributed by atoms with van der Waals surface area (Å²) in [5.74, 6) is 0.127. The summed E-state index contributed by atoms with van der Waals surface area (Å²) in [7, 11) is 0. The molecule has 16 heavy (non-hydrogen) atoms. The van der Waals surface area contributed by atoms with Crippen molar-refractivity contribution in [1.82, 2.24) is 5.32 Å². The second-order valence-electron chi connectivity index (χ2n) is 4.55. The molecular weight excluding hydrogens is 220 g/mol. The zero-order chi connectivity index (χ0) is 11.6. The summed E-state index contributed by atoms with van der Waals surface area (Å²) in [4.78, 5) is 13.3. The Hall–Kier alpha value is -0.870. The van der Waals surface area contributed by atoms with E-state index in [-0.39, 0.29) is 17.4 Å². The van der Waals surface area contributed by atoms with Crippen LogP contribution in [-0.4, -0.2) is 12.5 Å². The Labute approximate surface area is 100 Å². The van der Waals surface area contributed by atoms with Crippen molar-refractivity contribution in [3.63, 3.8) is 0 Å². The first kappa shape index (κ1) is 11.6. The molecule has 0 spiro atoms. The van der Waals surface area contributed by atoms with E-state index in [1.54, 1.807) is 11.3 Å². The van der Waals surface area contributed by atoms with Gasteiger partial charge in [-0.05, 0) is 31.2 Å². The molecule has 1 fully saturated rings. The number of nitrogens with one attached hydrogen (secondary N) is 1. The summed E-state index contributed by atoms with van der Waals surface area (Å²) in [5, 5.41) is 5.10. The maximum Gasteiger partial charge on any atom is 0.227 e. The van der Waals surface area contributed by atoms with Crippen LogP contribution in [0.1, 0.15) is 37.1 Å². The molecule has 0 saturated heterocycles. The molecule has 3 N–H and O–H groups in total. The molecule has 1 aromatic heterocycles. The van der Waals surface area contributed by atoms with E-state index in [2.05, 4.69) is 5.32 Å². The Kier molecular flexibility index (Phi) is 3.30. The van der Waals surface area contributed by atoms with E-state index >= 15 is 0 Å². The lowest BCUT2D eigenvalue weighted by molar-refractivity contribution is -0.135. The highest BCUT2D eigenvalue weighted by Gasteiger charge is 2.43. The first-order valence-electron chi connectivity index (χ1n) is 5.72. The van der Waals surface area contributed by atoms with E-state index in [4.69, 9.17) is 5.73 Å². The third-order valence-corrected chi connectivity index (χ3v) is 4.56. The topological polar surface area (TPSA) is 55.1 Å². The molecule has 1 amide bonds. The van der Waals surface area contributed by atoms with Crippen LogP contribution < -0.4 is 11.1 Å². The first-order valence-corrected chi connectivity index (χ1v) is 6.60. The molecule has 4 heteroatoms. The van der Waals surface area contributed by atoms with Crippen LogP contribution in [0.3, 0.4) is 0 Å². The van der Waals surface area contributed by atoms with Crippen LogP contribution in [0.4, 0.5) is 0 Å².